The summed E-state index contributed by atoms with van der Waals surface area (Å²) in [5.41, 5.74) is 2.15. The van der Waals surface area contributed by atoms with Crippen LogP contribution >= 0.6 is 22.6 Å². The number of aromatic nitrogens is 2. The van der Waals surface area contributed by atoms with Gasteiger partial charge in [0.25, 0.3) is 10.0 Å². The van der Waals surface area contributed by atoms with Crippen LogP contribution in [0.25, 0.3) is 11.0 Å². The summed E-state index contributed by atoms with van der Waals surface area (Å²) in [6, 6.07) is 13.8. The molecule has 0 spiro atoms. The quantitative estimate of drug-likeness (QED) is 0.624. The van der Waals surface area contributed by atoms with Crippen LogP contribution in [-0.4, -0.2) is 17.4 Å². The third kappa shape index (κ3) is 2.12. The highest BCUT2D eigenvalue weighted by atomic mass is 127. The predicted octanol–water partition coefficient (Wildman–Crippen LogP) is 3.19. The fraction of sp³-hybridized carbons (Fsp3) is 0.0714. The molecule has 3 rings (SSSR count). The highest BCUT2D eigenvalue weighted by molar-refractivity contribution is 14.1. The van der Waals surface area contributed by atoms with Crippen molar-refractivity contribution < 1.29 is 8.42 Å². The number of benzene rings is 1. The summed E-state index contributed by atoms with van der Waals surface area (Å²) >= 11 is 2.02. The van der Waals surface area contributed by atoms with Crippen LogP contribution in [0, 0.1) is 10.6 Å². The summed E-state index contributed by atoms with van der Waals surface area (Å²) < 4.78 is 27.5. The molecular formula is C14H11IN2O2S. The van der Waals surface area contributed by atoms with Gasteiger partial charge in [-0.1, -0.05) is 18.2 Å². The Balaban J connectivity index is 2.32. The molecule has 102 valence electrons. The number of pyridine rings is 1. The minimum absolute atomic E-state index is 0.274. The molecule has 0 aliphatic carbocycles. The Labute approximate surface area is 130 Å². The number of nitrogens with zero attached hydrogens (tertiary/aromatic N) is 2. The molecule has 0 aliphatic heterocycles. The first kappa shape index (κ1) is 13.6. The molecule has 1 aromatic carbocycles. The van der Waals surface area contributed by atoms with Gasteiger partial charge in [-0.05, 0) is 59.8 Å². The molecule has 0 amide bonds. The minimum atomic E-state index is -3.60. The van der Waals surface area contributed by atoms with E-state index in [0.29, 0.717) is 14.7 Å². The molecule has 2 heterocycles. The molecule has 2 aromatic heterocycles. The lowest BCUT2D eigenvalue weighted by Gasteiger charge is -2.08. The van der Waals surface area contributed by atoms with Crippen molar-refractivity contribution in [3.05, 3.63) is 57.9 Å². The van der Waals surface area contributed by atoms with E-state index in [1.165, 1.54) is 3.97 Å². The van der Waals surface area contributed by atoms with Crippen LogP contribution in [0.5, 0.6) is 0 Å². The van der Waals surface area contributed by atoms with Crippen molar-refractivity contribution in [1.29, 1.82) is 0 Å². The van der Waals surface area contributed by atoms with Crippen LogP contribution in [0.4, 0.5) is 0 Å². The van der Waals surface area contributed by atoms with Gasteiger partial charge in [-0.3, -0.25) is 4.98 Å². The van der Waals surface area contributed by atoms with Gasteiger partial charge < -0.3 is 0 Å². The lowest BCUT2D eigenvalue weighted by atomic mass is 10.3. The molecule has 0 radical (unpaired) electrons. The van der Waals surface area contributed by atoms with E-state index in [0.717, 1.165) is 5.69 Å². The number of hydrogen-bond donors (Lipinski definition) is 0. The highest BCUT2D eigenvalue weighted by Crippen LogP contribution is 2.25. The van der Waals surface area contributed by atoms with Crippen molar-refractivity contribution in [2.75, 3.05) is 0 Å². The Morgan fingerprint density at radius 1 is 1.10 bits per heavy atom. The highest BCUT2D eigenvalue weighted by Gasteiger charge is 2.22. The van der Waals surface area contributed by atoms with Gasteiger partial charge >= 0.3 is 0 Å². The zero-order chi connectivity index (χ0) is 14.3. The molecule has 0 N–H and O–H groups in total. The lowest BCUT2D eigenvalue weighted by molar-refractivity contribution is 0.588. The van der Waals surface area contributed by atoms with Gasteiger partial charge in [-0.15, -0.1) is 0 Å². The third-order valence-corrected chi connectivity index (χ3v) is 5.85. The Kier molecular flexibility index (Phi) is 3.29. The van der Waals surface area contributed by atoms with Gasteiger partial charge in [0, 0.05) is 5.69 Å². The van der Waals surface area contributed by atoms with Crippen molar-refractivity contribution in [1.82, 2.24) is 8.96 Å². The maximum Gasteiger partial charge on any atom is 0.269 e. The topological polar surface area (TPSA) is 52.0 Å². The van der Waals surface area contributed by atoms with Gasteiger partial charge in [0.05, 0.1) is 19.6 Å². The van der Waals surface area contributed by atoms with Crippen LogP contribution in [0.3, 0.4) is 0 Å². The molecule has 6 heteroatoms. The van der Waals surface area contributed by atoms with E-state index >= 15 is 0 Å². The summed E-state index contributed by atoms with van der Waals surface area (Å²) in [6.07, 6.45) is 0. The molecule has 0 saturated carbocycles. The summed E-state index contributed by atoms with van der Waals surface area (Å²) in [6.45, 7) is 1.88. The van der Waals surface area contributed by atoms with E-state index in [9.17, 15) is 8.42 Å². The second-order valence-corrected chi connectivity index (χ2v) is 7.30. The molecule has 4 nitrogen and oxygen atoms in total. The second kappa shape index (κ2) is 4.85. The van der Waals surface area contributed by atoms with Crippen molar-refractivity contribution in [3.63, 3.8) is 0 Å². The summed E-state index contributed by atoms with van der Waals surface area (Å²) in [4.78, 5) is 4.65. The van der Waals surface area contributed by atoms with Crippen molar-refractivity contribution >= 4 is 43.6 Å². The smallest absolute Gasteiger partial charge is 0.251 e. The third-order valence-electron chi connectivity index (χ3n) is 2.99. The van der Waals surface area contributed by atoms with E-state index < -0.39 is 10.0 Å². The molecule has 3 aromatic rings. The van der Waals surface area contributed by atoms with Crippen LogP contribution in [0.2, 0.25) is 0 Å². The molecule has 0 saturated heterocycles. The van der Waals surface area contributed by atoms with Crippen molar-refractivity contribution in [2.45, 2.75) is 11.8 Å². The Morgan fingerprint density at radius 3 is 2.50 bits per heavy atom. The standard InChI is InChI=1S/C14H11IN2O2S/c1-10-7-8-13-12(16-10)9-14(15)17(13)20(18,19)11-5-3-2-4-6-11/h2-9H,1H3. The van der Waals surface area contributed by atoms with Crippen LogP contribution in [0.15, 0.2) is 53.4 Å². The van der Waals surface area contributed by atoms with Crippen molar-refractivity contribution in [2.24, 2.45) is 0 Å². The van der Waals surface area contributed by atoms with Crippen LogP contribution in [0.1, 0.15) is 5.69 Å². The number of aryl methyl sites for hydroxylation is 1. The summed E-state index contributed by atoms with van der Waals surface area (Å²) in [5, 5.41) is 0. The van der Waals surface area contributed by atoms with Crippen LogP contribution in [-0.2, 0) is 10.0 Å². The largest absolute Gasteiger partial charge is 0.269 e. The first-order valence-corrected chi connectivity index (χ1v) is 8.47. The maximum absolute atomic E-state index is 12.7. The molecular weight excluding hydrogens is 387 g/mol. The summed E-state index contributed by atoms with van der Waals surface area (Å²) in [7, 11) is -3.60. The minimum Gasteiger partial charge on any atom is -0.251 e. The monoisotopic (exact) mass is 398 g/mol. The fourth-order valence-electron chi connectivity index (χ4n) is 2.08. The molecule has 20 heavy (non-hydrogen) atoms. The van der Waals surface area contributed by atoms with E-state index in [1.54, 1.807) is 42.5 Å². The SMILES string of the molecule is Cc1ccc2c(cc(I)n2S(=O)(=O)c2ccccc2)n1. The number of fused-ring (bicyclic) bond motifs is 1. The van der Waals surface area contributed by atoms with E-state index in [1.807, 2.05) is 35.6 Å². The number of rotatable bonds is 2. The maximum atomic E-state index is 12.7. The Hall–Kier alpha value is -1.41. The fourth-order valence-corrected chi connectivity index (χ4v) is 4.82. The van der Waals surface area contributed by atoms with Gasteiger partial charge in [0.15, 0.2) is 0 Å². The Bertz CT molecular complexity index is 886. The van der Waals surface area contributed by atoms with E-state index in [-0.39, 0.29) is 4.90 Å². The lowest BCUT2D eigenvalue weighted by Crippen LogP contribution is -2.14. The van der Waals surface area contributed by atoms with Crippen molar-refractivity contribution in [3.8, 4) is 0 Å². The Morgan fingerprint density at radius 2 is 1.80 bits per heavy atom. The molecule has 0 fully saturated rings. The first-order valence-electron chi connectivity index (χ1n) is 5.95. The van der Waals surface area contributed by atoms with Gasteiger partial charge in [0.1, 0.15) is 0 Å². The molecule has 0 bridgehead atoms. The molecule has 0 atom stereocenters. The van der Waals surface area contributed by atoms with Crippen LogP contribution < -0.4 is 0 Å². The first-order chi connectivity index (χ1) is 9.50. The van der Waals surface area contributed by atoms with E-state index in [4.69, 9.17) is 0 Å². The zero-order valence-electron chi connectivity index (χ0n) is 10.6. The molecule has 0 unspecified atom stereocenters. The zero-order valence-corrected chi connectivity index (χ0v) is 13.6. The van der Waals surface area contributed by atoms with Gasteiger partial charge in [-0.2, -0.15) is 0 Å². The molecule has 0 aliphatic rings. The predicted molar refractivity (Wildman–Crippen MR) is 86.2 cm³/mol. The number of hydrogen-bond acceptors (Lipinski definition) is 3. The average Bonchev–Trinajstić information content (AvgIpc) is 2.75. The normalized spacial score (nSPS) is 11.9. The second-order valence-electron chi connectivity index (χ2n) is 4.41. The number of halogens is 1. The van der Waals surface area contributed by atoms with Gasteiger partial charge in [0.2, 0.25) is 0 Å². The average molecular weight is 398 g/mol. The summed E-state index contributed by atoms with van der Waals surface area (Å²) in [5.74, 6) is 0. The van der Waals surface area contributed by atoms with E-state index in [2.05, 4.69) is 4.98 Å². The van der Waals surface area contributed by atoms with Gasteiger partial charge in [-0.25, -0.2) is 12.4 Å².